The van der Waals surface area contributed by atoms with Crippen molar-refractivity contribution in [3.63, 3.8) is 0 Å². The molecule has 1 saturated heterocycles. The molecule has 1 fully saturated rings. The fourth-order valence-electron chi connectivity index (χ4n) is 2.96. The van der Waals surface area contributed by atoms with Crippen molar-refractivity contribution in [3.8, 4) is 5.75 Å². The van der Waals surface area contributed by atoms with Crippen molar-refractivity contribution in [3.05, 3.63) is 29.3 Å². The van der Waals surface area contributed by atoms with E-state index in [-0.39, 0.29) is 0 Å². The van der Waals surface area contributed by atoms with Crippen LogP contribution in [0.3, 0.4) is 0 Å². The lowest BCUT2D eigenvalue weighted by Crippen LogP contribution is -2.44. The van der Waals surface area contributed by atoms with E-state index in [1.807, 2.05) is 0 Å². The second-order valence-electron chi connectivity index (χ2n) is 6.56. The third-order valence-corrected chi connectivity index (χ3v) is 4.40. The highest BCUT2D eigenvalue weighted by Crippen LogP contribution is 2.22. The number of hydrogen-bond acceptors (Lipinski definition) is 4. The SMILES string of the molecule is CCNC(=NCCCOc1c(C)cccc1C)NCCN1CCOCC1. The fourth-order valence-corrected chi connectivity index (χ4v) is 2.96. The van der Waals surface area contributed by atoms with Crippen LogP contribution in [0.25, 0.3) is 0 Å². The predicted molar refractivity (Wildman–Crippen MR) is 107 cm³/mol. The monoisotopic (exact) mass is 362 g/mol. The Kier molecular flexibility index (Phi) is 9.28. The molecule has 0 spiro atoms. The summed E-state index contributed by atoms with van der Waals surface area (Å²) < 4.78 is 11.3. The van der Waals surface area contributed by atoms with Gasteiger partial charge in [0, 0.05) is 45.7 Å². The van der Waals surface area contributed by atoms with Gasteiger partial charge in [0.2, 0.25) is 0 Å². The molecule has 1 aliphatic heterocycles. The molecule has 0 amide bonds. The highest BCUT2D eigenvalue weighted by atomic mass is 16.5. The van der Waals surface area contributed by atoms with E-state index in [1.165, 1.54) is 11.1 Å². The summed E-state index contributed by atoms with van der Waals surface area (Å²) in [5.41, 5.74) is 2.37. The van der Waals surface area contributed by atoms with Crippen LogP contribution in [-0.4, -0.2) is 69.9 Å². The van der Waals surface area contributed by atoms with Crippen molar-refractivity contribution in [2.45, 2.75) is 27.2 Å². The van der Waals surface area contributed by atoms with Crippen molar-refractivity contribution < 1.29 is 9.47 Å². The Hall–Kier alpha value is -1.79. The van der Waals surface area contributed by atoms with Crippen molar-refractivity contribution >= 4 is 5.96 Å². The minimum atomic E-state index is 0.683. The van der Waals surface area contributed by atoms with Crippen molar-refractivity contribution in [1.29, 1.82) is 0 Å². The summed E-state index contributed by atoms with van der Waals surface area (Å²) in [6.45, 7) is 14.2. The van der Waals surface area contributed by atoms with Gasteiger partial charge in [-0.25, -0.2) is 0 Å². The van der Waals surface area contributed by atoms with Crippen LogP contribution in [0, 0.1) is 13.8 Å². The molecule has 0 radical (unpaired) electrons. The summed E-state index contributed by atoms with van der Waals surface area (Å²) in [4.78, 5) is 7.06. The predicted octanol–water partition coefficient (Wildman–Crippen LogP) is 1.96. The zero-order valence-electron chi connectivity index (χ0n) is 16.5. The van der Waals surface area contributed by atoms with Gasteiger partial charge in [-0.1, -0.05) is 18.2 Å². The molecule has 1 aromatic carbocycles. The smallest absolute Gasteiger partial charge is 0.191 e. The van der Waals surface area contributed by atoms with Gasteiger partial charge in [-0.15, -0.1) is 0 Å². The summed E-state index contributed by atoms with van der Waals surface area (Å²) in [7, 11) is 0. The molecule has 0 bridgehead atoms. The number of aliphatic imine (C=N–C) groups is 1. The molecule has 2 N–H and O–H groups in total. The van der Waals surface area contributed by atoms with Gasteiger partial charge >= 0.3 is 0 Å². The van der Waals surface area contributed by atoms with Crippen LogP contribution in [0.2, 0.25) is 0 Å². The van der Waals surface area contributed by atoms with Gasteiger partial charge < -0.3 is 20.1 Å². The van der Waals surface area contributed by atoms with Gasteiger partial charge in [-0.05, 0) is 31.9 Å². The molecule has 1 aromatic rings. The number of nitrogens with one attached hydrogen (secondary N) is 2. The molecule has 0 atom stereocenters. The molecule has 26 heavy (non-hydrogen) atoms. The maximum atomic E-state index is 5.94. The number of ether oxygens (including phenoxy) is 2. The Bertz CT molecular complexity index is 536. The number of para-hydroxylation sites is 1. The standard InChI is InChI=1S/C20H34N4O2/c1-4-21-20(23-10-11-24-12-15-25-16-13-24)22-9-6-14-26-19-17(2)7-5-8-18(19)3/h5,7-8H,4,6,9-16H2,1-3H3,(H2,21,22,23). The van der Waals surface area contributed by atoms with E-state index in [9.17, 15) is 0 Å². The van der Waals surface area contributed by atoms with E-state index in [0.717, 1.165) is 70.6 Å². The number of aryl methyl sites for hydroxylation is 2. The van der Waals surface area contributed by atoms with Crippen molar-refractivity contribution in [2.75, 3.05) is 59.1 Å². The molecule has 1 aliphatic rings. The number of nitrogens with zero attached hydrogens (tertiary/aromatic N) is 2. The van der Waals surface area contributed by atoms with Gasteiger partial charge in [-0.2, -0.15) is 0 Å². The molecule has 0 aliphatic carbocycles. The zero-order valence-corrected chi connectivity index (χ0v) is 16.5. The maximum absolute atomic E-state index is 5.94. The zero-order chi connectivity index (χ0) is 18.6. The molecule has 0 unspecified atom stereocenters. The minimum Gasteiger partial charge on any atom is -0.493 e. The van der Waals surface area contributed by atoms with Crippen LogP contribution >= 0.6 is 0 Å². The second-order valence-corrected chi connectivity index (χ2v) is 6.56. The van der Waals surface area contributed by atoms with Crippen LogP contribution < -0.4 is 15.4 Å². The Labute approximate surface area is 158 Å². The van der Waals surface area contributed by atoms with E-state index < -0.39 is 0 Å². The van der Waals surface area contributed by atoms with Crippen LogP contribution in [0.4, 0.5) is 0 Å². The molecule has 6 heteroatoms. The van der Waals surface area contributed by atoms with Crippen molar-refractivity contribution in [1.82, 2.24) is 15.5 Å². The number of guanidine groups is 1. The summed E-state index contributed by atoms with van der Waals surface area (Å²) in [6.07, 6.45) is 0.897. The molecule has 1 heterocycles. The highest BCUT2D eigenvalue weighted by molar-refractivity contribution is 5.79. The summed E-state index contributed by atoms with van der Waals surface area (Å²) in [6, 6.07) is 6.23. The van der Waals surface area contributed by atoms with Crippen LogP contribution in [0.1, 0.15) is 24.5 Å². The fraction of sp³-hybridized carbons (Fsp3) is 0.650. The first-order chi connectivity index (χ1) is 12.7. The third kappa shape index (κ3) is 7.22. The van der Waals surface area contributed by atoms with Crippen LogP contribution in [0.15, 0.2) is 23.2 Å². The molecule has 146 valence electrons. The van der Waals surface area contributed by atoms with Crippen LogP contribution in [-0.2, 0) is 4.74 Å². The Morgan fingerprint density at radius 3 is 2.62 bits per heavy atom. The first-order valence-corrected chi connectivity index (χ1v) is 9.72. The van der Waals surface area contributed by atoms with E-state index >= 15 is 0 Å². The average Bonchev–Trinajstić information content (AvgIpc) is 2.64. The Balaban J connectivity index is 1.67. The number of hydrogen-bond donors (Lipinski definition) is 2. The maximum Gasteiger partial charge on any atom is 0.191 e. The second kappa shape index (κ2) is 11.8. The first-order valence-electron chi connectivity index (χ1n) is 9.72. The van der Waals surface area contributed by atoms with E-state index in [2.05, 4.69) is 59.5 Å². The lowest BCUT2D eigenvalue weighted by atomic mass is 10.1. The summed E-state index contributed by atoms with van der Waals surface area (Å²) in [5.74, 6) is 1.89. The minimum absolute atomic E-state index is 0.683. The lowest BCUT2D eigenvalue weighted by Gasteiger charge is -2.26. The van der Waals surface area contributed by atoms with Gasteiger partial charge in [0.05, 0.1) is 19.8 Å². The molecular weight excluding hydrogens is 328 g/mol. The van der Waals surface area contributed by atoms with E-state index in [0.29, 0.717) is 6.61 Å². The molecule has 6 nitrogen and oxygen atoms in total. The Morgan fingerprint density at radius 1 is 1.19 bits per heavy atom. The topological polar surface area (TPSA) is 58.1 Å². The lowest BCUT2D eigenvalue weighted by molar-refractivity contribution is 0.0389. The third-order valence-electron chi connectivity index (χ3n) is 4.40. The van der Waals surface area contributed by atoms with E-state index in [4.69, 9.17) is 9.47 Å². The van der Waals surface area contributed by atoms with Crippen molar-refractivity contribution in [2.24, 2.45) is 4.99 Å². The first kappa shape index (κ1) is 20.5. The number of rotatable bonds is 9. The van der Waals surface area contributed by atoms with Crippen LogP contribution in [0.5, 0.6) is 5.75 Å². The summed E-state index contributed by atoms with van der Waals surface area (Å²) in [5, 5.41) is 6.71. The van der Waals surface area contributed by atoms with Gasteiger partial charge in [-0.3, -0.25) is 9.89 Å². The number of morpholine rings is 1. The van der Waals surface area contributed by atoms with Gasteiger partial charge in [0.25, 0.3) is 0 Å². The van der Waals surface area contributed by atoms with Gasteiger partial charge in [0.15, 0.2) is 5.96 Å². The highest BCUT2D eigenvalue weighted by Gasteiger charge is 2.09. The molecule has 2 rings (SSSR count). The number of benzene rings is 1. The molecule has 0 aromatic heterocycles. The average molecular weight is 363 g/mol. The molecule has 0 saturated carbocycles. The van der Waals surface area contributed by atoms with E-state index in [1.54, 1.807) is 0 Å². The normalized spacial score (nSPS) is 15.7. The largest absolute Gasteiger partial charge is 0.493 e. The quantitative estimate of drug-likeness (QED) is 0.400. The van der Waals surface area contributed by atoms with Gasteiger partial charge in [0.1, 0.15) is 5.75 Å². The summed E-state index contributed by atoms with van der Waals surface area (Å²) >= 11 is 0. The molecular formula is C20H34N4O2. The Morgan fingerprint density at radius 2 is 1.92 bits per heavy atom.